The molecule has 0 unspecified atom stereocenters. The lowest BCUT2D eigenvalue weighted by molar-refractivity contribution is 0.556. The average molecular weight is 369 g/mol. The molecule has 0 atom stereocenters. The molecule has 0 spiro atoms. The summed E-state index contributed by atoms with van der Waals surface area (Å²) in [5, 5.41) is 1.39. The van der Waals surface area contributed by atoms with Crippen LogP contribution in [-0.2, 0) is 22.8 Å². The molecule has 3 heterocycles. The van der Waals surface area contributed by atoms with Gasteiger partial charge >= 0.3 is 0 Å². The number of para-hydroxylation sites is 1. The molecule has 136 valence electrons. The first-order chi connectivity index (χ1) is 12.3. The number of aromatic amines is 1. The fourth-order valence-corrected chi connectivity index (χ4v) is 4.49. The molecule has 0 fully saturated rings. The van der Waals surface area contributed by atoms with Gasteiger partial charge in [-0.1, -0.05) is 18.2 Å². The van der Waals surface area contributed by atoms with E-state index in [1.807, 2.05) is 12.1 Å². The zero-order valence-electron chi connectivity index (χ0n) is 15.3. The smallest absolute Gasteiger partial charge is 0.200 e. The number of rotatable bonds is 2. The summed E-state index contributed by atoms with van der Waals surface area (Å²) < 4.78 is 24.2. The molecule has 6 heteroatoms. The van der Waals surface area contributed by atoms with Crippen molar-refractivity contribution in [3.8, 4) is 0 Å². The number of fused-ring (bicyclic) bond motifs is 3. The van der Waals surface area contributed by atoms with E-state index in [1.165, 1.54) is 22.2 Å². The quantitative estimate of drug-likeness (QED) is 0.748. The van der Waals surface area contributed by atoms with E-state index in [1.54, 1.807) is 33.0 Å². The lowest BCUT2D eigenvalue weighted by Gasteiger charge is -2.29. The fraction of sp³-hybridized carbons (Fsp3) is 0.350. The standard InChI is InChI=1S/C20H23N3O2S/c1-20(2,3)26(24,25)19-9-8-14(12-21-19)23-11-10-18-16(13-23)15-6-4-5-7-17(15)22-18/h4-9,12,22H,10-11,13H2,1-3H3. The van der Waals surface area contributed by atoms with Gasteiger partial charge in [0.1, 0.15) is 0 Å². The van der Waals surface area contributed by atoms with E-state index in [0.717, 1.165) is 25.2 Å². The van der Waals surface area contributed by atoms with Gasteiger partial charge in [0.25, 0.3) is 0 Å². The first-order valence-corrected chi connectivity index (χ1v) is 10.3. The number of H-pyrrole nitrogens is 1. The average Bonchev–Trinajstić information content (AvgIpc) is 2.99. The van der Waals surface area contributed by atoms with E-state index in [2.05, 4.69) is 33.1 Å². The predicted molar refractivity (Wildman–Crippen MR) is 104 cm³/mol. The van der Waals surface area contributed by atoms with Crippen LogP contribution in [0, 0.1) is 0 Å². The second kappa shape index (κ2) is 5.84. The monoisotopic (exact) mass is 369 g/mol. The van der Waals surface area contributed by atoms with Gasteiger partial charge in [0.15, 0.2) is 14.9 Å². The molecule has 1 N–H and O–H groups in total. The van der Waals surface area contributed by atoms with Crippen LogP contribution in [0.5, 0.6) is 0 Å². The lowest BCUT2D eigenvalue weighted by atomic mass is 10.0. The Morgan fingerprint density at radius 1 is 1.12 bits per heavy atom. The molecule has 0 saturated heterocycles. The third-order valence-electron chi connectivity index (χ3n) is 5.05. The second-order valence-electron chi connectivity index (χ2n) is 7.77. The highest BCUT2D eigenvalue weighted by Gasteiger charge is 2.32. The summed E-state index contributed by atoms with van der Waals surface area (Å²) in [4.78, 5) is 10.0. The SMILES string of the molecule is CC(C)(C)S(=O)(=O)c1ccc(N2CCc3[nH]c4ccccc4c3C2)cn1. The third-order valence-corrected chi connectivity index (χ3v) is 7.45. The van der Waals surface area contributed by atoms with Gasteiger partial charge < -0.3 is 9.88 Å². The first kappa shape index (κ1) is 17.1. The number of anilines is 1. The van der Waals surface area contributed by atoms with Crippen molar-refractivity contribution in [1.82, 2.24) is 9.97 Å². The molecule has 3 aromatic rings. The summed E-state index contributed by atoms with van der Waals surface area (Å²) in [6.07, 6.45) is 2.62. The largest absolute Gasteiger partial charge is 0.365 e. The molecule has 4 rings (SSSR count). The lowest BCUT2D eigenvalue weighted by Crippen LogP contribution is -2.31. The Kier molecular flexibility index (Phi) is 3.84. The Labute approximate surface area is 154 Å². The molecule has 26 heavy (non-hydrogen) atoms. The van der Waals surface area contributed by atoms with Gasteiger partial charge in [0, 0.05) is 41.7 Å². The highest BCUT2D eigenvalue weighted by Crippen LogP contribution is 2.31. The zero-order valence-corrected chi connectivity index (χ0v) is 16.1. The molecule has 1 aliphatic rings. The Bertz CT molecular complexity index is 1060. The Morgan fingerprint density at radius 2 is 1.88 bits per heavy atom. The number of nitrogens with zero attached hydrogens (tertiary/aromatic N) is 2. The van der Waals surface area contributed by atoms with Gasteiger partial charge in [0.05, 0.1) is 16.6 Å². The summed E-state index contributed by atoms with van der Waals surface area (Å²) in [6.45, 7) is 6.77. The normalized spacial score (nSPS) is 15.3. The highest BCUT2D eigenvalue weighted by molar-refractivity contribution is 7.92. The van der Waals surface area contributed by atoms with E-state index >= 15 is 0 Å². The molecule has 5 nitrogen and oxygen atoms in total. The van der Waals surface area contributed by atoms with Crippen molar-refractivity contribution >= 4 is 26.4 Å². The van der Waals surface area contributed by atoms with Gasteiger partial charge in [-0.2, -0.15) is 0 Å². The summed E-state index contributed by atoms with van der Waals surface area (Å²) in [5.41, 5.74) is 4.73. The molecule has 0 radical (unpaired) electrons. The summed E-state index contributed by atoms with van der Waals surface area (Å²) in [7, 11) is -3.43. The zero-order chi connectivity index (χ0) is 18.5. The van der Waals surface area contributed by atoms with Crippen molar-refractivity contribution in [1.29, 1.82) is 0 Å². The van der Waals surface area contributed by atoms with E-state index < -0.39 is 14.6 Å². The molecule has 1 aromatic carbocycles. The summed E-state index contributed by atoms with van der Waals surface area (Å²) >= 11 is 0. The van der Waals surface area contributed by atoms with Gasteiger partial charge in [-0.15, -0.1) is 0 Å². The van der Waals surface area contributed by atoms with Crippen molar-refractivity contribution in [2.75, 3.05) is 11.4 Å². The number of aromatic nitrogens is 2. The van der Waals surface area contributed by atoms with Crippen LogP contribution in [0.3, 0.4) is 0 Å². The van der Waals surface area contributed by atoms with Crippen LogP contribution in [-0.4, -0.2) is 29.7 Å². The maximum absolute atomic E-state index is 12.5. The Morgan fingerprint density at radius 3 is 2.58 bits per heavy atom. The molecule has 0 amide bonds. The van der Waals surface area contributed by atoms with Crippen molar-refractivity contribution < 1.29 is 8.42 Å². The fourth-order valence-electron chi connectivity index (χ4n) is 3.42. The van der Waals surface area contributed by atoms with Gasteiger partial charge in [-0.3, -0.25) is 0 Å². The van der Waals surface area contributed by atoms with E-state index in [0.29, 0.717) is 0 Å². The van der Waals surface area contributed by atoms with Crippen LogP contribution in [0.1, 0.15) is 32.0 Å². The minimum Gasteiger partial charge on any atom is -0.365 e. The molecule has 1 aliphatic heterocycles. The summed E-state index contributed by atoms with van der Waals surface area (Å²) in [5.74, 6) is 0. The Hall–Kier alpha value is -2.34. The molecular formula is C20H23N3O2S. The highest BCUT2D eigenvalue weighted by atomic mass is 32.2. The van der Waals surface area contributed by atoms with Crippen molar-refractivity contribution in [2.45, 2.75) is 43.5 Å². The van der Waals surface area contributed by atoms with Crippen LogP contribution >= 0.6 is 0 Å². The molecular weight excluding hydrogens is 346 g/mol. The summed E-state index contributed by atoms with van der Waals surface area (Å²) in [6, 6.07) is 11.8. The van der Waals surface area contributed by atoms with E-state index in [9.17, 15) is 8.42 Å². The van der Waals surface area contributed by atoms with Crippen LogP contribution in [0.4, 0.5) is 5.69 Å². The molecule has 0 saturated carbocycles. The predicted octanol–water partition coefficient (Wildman–Crippen LogP) is 3.70. The second-order valence-corrected chi connectivity index (χ2v) is 10.4. The van der Waals surface area contributed by atoms with Crippen molar-refractivity contribution in [3.63, 3.8) is 0 Å². The first-order valence-electron chi connectivity index (χ1n) is 8.81. The maximum Gasteiger partial charge on any atom is 0.200 e. The topological polar surface area (TPSA) is 66.1 Å². The van der Waals surface area contributed by atoms with E-state index in [-0.39, 0.29) is 5.03 Å². The maximum atomic E-state index is 12.5. The Balaban J connectivity index is 1.64. The minimum atomic E-state index is -3.43. The van der Waals surface area contributed by atoms with Gasteiger partial charge in [0.2, 0.25) is 0 Å². The van der Waals surface area contributed by atoms with Crippen molar-refractivity contribution in [3.05, 3.63) is 53.9 Å². The molecule has 2 aromatic heterocycles. The van der Waals surface area contributed by atoms with Crippen LogP contribution in [0.15, 0.2) is 47.6 Å². The van der Waals surface area contributed by atoms with E-state index in [4.69, 9.17) is 0 Å². The number of hydrogen-bond acceptors (Lipinski definition) is 4. The molecule has 0 bridgehead atoms. The molecule has 0 aliphatic carbocycles. The number of nitrogens with one attached hydrogen (secondary N) is 1. The number of benzene rings is 1. The van der Waals surface area contributed by atoms with Crippen molar-refractivity contribution in [2.24, 2.45) is 0 Å². The number of pyridine rings is 1. The van der Waals surface area contributed by atoms with Gasteiger partial charge in [-0.25, -0.2) is 13.4 Å². The van der Waals surface area contributed by atoms with Gasteiger partial charge in [-0.05, 0) is 39.0 Å². The van der Waals surface area contributed by atoms with Crippen LogP contribution in [0.2, 0.25) is 0 Å². The van der Waals surface area contributed by atoms with Crippen LogP contribution in [0.25, 0.3) is 10.9 Å². The third kappa shape index (κ3) is 2.69. The minimum absolute atomic E-state index is 0.138. The van der Waals surface area contributed by atoms with Crippen LogP contribution < -0.4 is 4.90 Å². The number of hydrogen-bond donors (Lipinski definition) is 1. The number of sulfone groups is 1.